The van der Waals surface area contributed by atoms with Crippen LogP contribution in [0.4, 0.5) is 22.0 Å². The van der Waals surface area contributed by atoms with Crippen LogP contribution in [-0.2, 0) is 0 Å². The third kappa shape index (κ3) is 6.03. The summed E-state index contributed by atoms with van der Waals surface area (Å²) < 4.78 is 64.4. The summed E-state index contributed by atoms with van der Waals surface area (Å²) in [7, 11) is 0. The lowest BCUT2D eigenvalue weighted by Crippen LogP contribution is -2.33. The summed E-state index contributed by atoms with van der Waals surface area (Å²) in [6.07, 6.45) is -7.07. The molecule has 0 aliphatic heterocycles. The van der Waals surface area contributed by atoms with Gasteiger partial charge in [0.15, 0.2) is 6.17 Å². The Morgan fingerprint density at radius 2 is 1.81 bits per heavy atom. The van der Waals surface area contributed by atoms with E-state index in [2.05, 4.69) is 0 Å². The number of benzene rings is 1. The molecule has 1 aromatic carbocycles. The Kier molecular flexibility index (Phi) is 7.14. The molecule has 0 fully saturated rings. The summed E-state index contributed by atoms with van der Waals surface area (Å²) in [6, 6.07) is 8.07. The zero-order valence-electron chi connectivity index (χ0n) is 11.1. The number of hydrogen-bond donors (Lipinski definition) is 0. The summed E-state index contributed by atoms with van der Waals surface area (Å²) in [5.41, 5.74) is 0.365. The van der Waals surface area contributed by atoms with E-state index in [9.17, 15) is 26.7 Å². The van der Waals surface area contributed by atoms with Gasteiger partial charge < -0.3 is 0 Å². The predicted octanol–water partition coefficient (Wildman–Crippen LogP) is 4.62. The highest BCUT2D eigenvalue weighted by molar-refractivity contribution is 8.14. The van der Waals surface area contributed by atoms with Crippen molar-refractivity contribution in [1.82, 2.24) is 0 Å². The molecule has 1 rings (SSSR count). The molecule has 0 heterocycles. The number of halogens is 5. The summed E-state index contributed by atoms with van der Waals surface area (Å²) in [4.78, 5) is 11.6. The van der Waals surface area contributed by atoms with E-state index in [1.54, 1.807) is 30.3 Å². The van der Waals surface area contributed by atoms with Gasteiger partial charge in [-0.25, -0.2) is 22.0 Å². The van der Waals surface area contributed by atoms with E-state index in [0.29, 0.717) is 17.3 Å². The molecule has 0 aromatic heterocycles. The molecule has 0 amide bonds. The first-order chi connectivity index (χ1) is 9.86. The van der Waals surface area contributed by atoms with Gasteiger partial charge in [-0.1, -0.05) is 42.1 Å². The van der Waals surface area contributed by atoms with Gasteiger partial charge in [-0.05, 0) is 0 Å². The van der Waals surface area contributed by atoms with Crippen molar-refractivity contribution in [2.45, 2.75) is 31.1 Å². The van der Waals surface area contributed by atoms with Crippen LogP contribution in [0, 0.1) is 0 Å². The topological polar surface area (TPSA) is 17.1 Å². The molecule has 0 saturated heterocycles. The molecule has 2 unspecified atom stereocenters. The lowest BCUT2D eigenvalue weighted by atomic mass is 10.1. The average molecular weight is 326 g/mol. The van der Waals surface area contributed by atoms with Gasteiger partial charge in [0, 0.05) is 24.2 Å². The largest absolute Gasteiger partial charge is 0.282 e. The van der Waals surface area contributed by atoms with Crippen LogP contribution in [0.3, 0.4) is 0 Å². The Labute approximate surface area is 123 Å². The zero-order chi connectivity index (χ0) is 15.9. The smallest absolute Gasteiger partial charge is 0.279 e. The Bertz CT molecular complexity index is 440. The van der Waals surface area contributed by atoms with Crippen LogP contribution in [0.15, 0.2) is 30.3 Å². The molecular formula is C14H15F5OS. The molecule has 0 spiro atoms. The molecule has 0 N–H and O–H groups in total. The Hall–Kier alpha value is -1.11. The standard InChI is InChI=1S/C14H15F5OS/c15-9-11(16)8-12(17)14(18,19)6-7-21-13(20)10-4-2-1-3-5-10/h1-5,11-12H,6-9H2. The summed E-state index contributed by atoms with van der Waals surface area (Å²) in [6.45, 7) is -1.49. The predicted molar refractivity (Wildman–Crippen MR) is 73.2 cm³/mol. The maximum atomic E-state index is 13.4. The molecule has 0 aliphatic carbocycles. The quantitative estimate of drug-likeness (QED) is 0.648. The first-order valence-electron chi connectivity index (χ1n) is 6.31. The van der Waals surface area contributed by atoms with Crippen LogP contribution in [-0.4, -0.2) is 35.8 Å². The second-order valence-electron chi connectivity index (χ2n) is 4.47. The normalized spacial score (nSPS) is 14.7. The molecule has 0 radical (unpaired) electrons. The van der Waals surface area contributed by atoms with E-state index < -0.39 is 42.9 Å². The van der Waals surface area contributed by atoms with Gasteiger partial charge in [0.1, 0.15) is 12.8 Å². The highest BCUT2D eigenvalue weighted by Crippen LogP contribution is 2.31. The van der Waals surface area contributed by atoms with Crippen molar-refractivity contribution < 1.29 is 26.7 Å². The van der Waals surface area contributed by atoms with Gasteiger partial charge in [0.2, 0.25) is 5.12 Å². The zero-order valence-corrected chi connectivity index (χ0v) is 11.9. The van der Waals surface area contributed by atoms with E-state index in [4.69, 9.17) is 0 Å². The van der Waals surface area contributed by atoms with E-state index in [1.807, 2.05) is 0 Å². The van der Waals surface area contributed by atoms with E-state index >= 15 is 0 Å². The van der Waals surface area contributed by atoms with Crippen molar-refractivity contribution in [3.63, 3.8) is 0 Å². The molecule has 0 saturated carbocycles. The third-order valence-corrected chi connectivity index (χ3v) is 3.67. The first kappa shape index (κ1) is 17.9. The van der Waals surface area contributed by atoms with E-state index in [-0.39, 0.29) is 5.75 Å². The van der Waals surface area contributed by atoms with E-state index in [0.717, 1.165) is 0 Å². The molecule has 1 aromatic rings. The Balaban J connectivity index is 2.41. The SMILES string of the molecule is O=C(SCCC(F)(F)C(F)CC(F)CF)c1ccccc1. The van der Waals surface area contributed by atoms with Crippen molar-refractivity contribution >= 4 is 16.9 Å². The summed E-state index contributed by atoms with van der Waals surface area (Å²) >= 11 is 0.645. The highest BCUT2D eigenvalue weighted by atomic mass is 32.2. The first-order valence-corrected chi connectivity index (χ1v) is 7.29. The Morgan fingerprint density at radius 1 is 1.19 bits per heavy atom. The minimum absolute atomic E-state index is 0.298. The highest BCUT2D eigenvalue weighted by Gasteiger charge is 2.41. The van der Waals surface area contributed by atoms with E-state index in [1.165, 1.54) is 0 Å². The molecule has 118 valence electrons. The fraction of sp³-hybridized carbons (Fsp3) is 0.500. The maximum Gasteiger partial charge on any atom is 0.279 e. The second kappa shape index (κ2) is 8.36. The molecule has 0 aliphatic rings. The lowest BCUT2D eigenvalue weighted by molar-refractivity contribution is -0.0835. The van der Waals surface area contributed by atoms with Crippen molar-refractivity contribution in [2.75, 3.05) is 12.4 Å². The minimum Gasteiger partial charge on any atom is -0.282 e. The minimum atomic E-state index is -3.77. The van der Waals surface area contributed by atoms with Gasteiger partial charge in [-0.15, -0.1) is 0 Å². The van der Waals surface area contributed by atoms with Crippen molar-refractivity contribution in [3.05, 3.63) is 35.9 Å². The molecule has 2 atom stereocenters. The summed E-state index contributed by atoms with van der Waals surface area (Å²) in [5.74, 6) is -4.07. The fourth-order valence-electron chi connectivity index (χ4n) is 1.55. The molecule has 1 nitrogen and oxygen atoms in total. The van der Waals surface area contributed by atoms with Gasteiger partial charge in [-0.2, -0.15) is 0 Å². The fourth-order valence-corrected chi connectivity index (χ4v) is 2.42. The summed E-state index contributed by atoms with van der Waals surface area (Å²) in [5, 5.41) is -0.395. The molecule has 21 heavy (non-hydrogen) atoms. The maximum absolute atomic E-state index is 13.4. The van der Waals surface area contributed by atoms with Gasteiger partial charge >= 0.3 is 0 Å². The number of carbonyl (C=O) groups is 1. The van der Waals surface area contributed by atoms with Crippen LogP contribution in [0.2, 0.25) is 0 Å². The number of thioether (sulfide) groups is 1. The number of hydrogen-bond acceptors (Lipinski definition) is 2. The van der Waals surface area contributed by atoms with Crippen LogP contribution in [0.25, 0.3) is 0 Å². The van der Waals surface area contributed by atoms with Crippen molar-refractivity contribution in [1.29, 1.82) is 0 Å². The monoisotopic (exact) mass is 326 g/mol. The average Bonchev–Trinajstić information content (AvgIpc) is 2.47. The third-order valence-electron chi connectivity index (χ3n) is 2.77. The molecule has 7 heteroatoms. The van der Waals surface area contributed by atoms with Crippen molar-refractivity contribution in [3.8, 4) is 0 Å². The van der Waals surface area contributed by atoms with Crippen LogP contribution in [0.1, 0.15) is 23.2 Å². The lowest BCUT2D eigenvalue weighted by Gasteiger charge is -2.21. The number of rotatable bonds is 8. The second-order valence-corrected chi connectivity index (χ2v) is 5.54. The molecule has 0 bridgehead atoms. The number of alkyl halides is 5. The van der Waals surface area contributed by atoms with Crippen LogP contribution < -0.4 is 0 Å². The number of carbonyl (C=O) groups excluding carboxylic acids is 1. The molecular weight excluding hydrogens is 311 g/mol. The Morgan fingerprint density at radius 3 is 2.38 bits per heavy atom. The van der Waals surface area contributed by atoms with Crippen LogP contribution in [0.5, 0.6) is 0 Å². The van der Waals surface area contributed by atoms with Crippen molar-refractivity contribution in [2.24, 2.45) is 0 Å². The van der Waals surface area contributed by atoms with Gasteiger partial charge in [0.05, 0.1) is 0 Å². The van der Waals surface area contributed by atoms with Crippen LogP contribution >= 0.6 is 11.8 Å². The van der Waals surface area contributed by atoms with Gasteiger partial charge in [-0.3, -0.25) is 4.79 Å². The van der Waals surface area contributed by atoms with Gasteiger partial charge in [0.25, 0.3) is 5.92 Å².